The molecule has 0 bridgehead atoms. The van der Waals surface area contributed by atoms with Crippen LogP contribution in [0.1, 0.15) is 0 Å². The van der Waals surface area contributed by atoms with Crippen LogP contribution in [0.2, 0.25) is 0 Å². The third-order valence-electron chi connectivity index (χ3n) is 2.62. The highest BCUT2D eigenvalue weighted by atomic mass is 16.5. The molecule has 3 rings (SSSR count). The number of rotatable bonds is 0. The quantitative estimate of drug-likeness (QED) is 0.619. The van der Waals surface area contributed by atoms with Gasteiger partial charge in [-0.15, -0.1) is 0 Å². The highest BCUT2D eigenvalue weighted by Crippen LogP contribution is 2.36. The summed E-state index contributed by atoms with van der Waals surface area (Å²) in [5.74, 6) is 0.631. The summed E-state index contributed by atoms with van der Waals surface area (Å²) in [4.78, 5) is 23.6. The maximum absolute atomic E-state index is 12.0. The molecule has 1 unspecified atom stereocenters. The van der Waals surface area contributed by atoms with E-state index in [9.17, 15) is 9.70 Å². The summed E-state index contributed by atoms with van der Waals surface area (Å²) in [5, 5.41) is 0. The molecule has 4 heteroatoms. The standard InChI is InChI=1S/C12H8NO3/c14-9-5-3-7-11-12(9)13(15)8-4-1-2-6-10(8)16-11/h1-7,12H/q+1. The van der Waals surface area contributed by atoms with Crippen molar-refractivity contribution in [2.24, 2.45) is 0 Å². The van der Waals surface area contributed by atoms with Crippen molar-refractivity contribution in [2.75, 3.05) is 0 Å². The van der Waals surface area contributed by atoms with Crippen molar-refractivity contribution in [1.82, 2.24) is 0 Å². The summed E-state index contributed by atoms with van der Waals surface area (Å²) in [7, 11) is 0. The number of hydrogen-bond donors (Lipinski definition) is 0. The fourth-order valence-corrected chi connectivity index (χ4v) is 1.87. The van der Waals surface area contributed by atoms with Crippen LogP contribution in [0.25, 0.3) is 0 Å². The minimum atomic E-state index is -0.861. The lowest BCUT2D eigenvalue weighted by atomic mass is 10.0. The van der Waals surface area contributed by atoms with Crippen LogP contribution in [0.4, 0.5) is 5.69 Å². The van der Waals surface area contributed by atoms with E-state index in [1.807, 2.05) is 0 Å². The van der Waals surface area contributed by atoms with E-state index in [4.69, 9.17) is 4.74 Å². The number of carbonyl (C=O) groups excluding carboxylic acids is 1. The normalized spacial score (nSPS) is 22.0. The van der Waals surface area contributed by atoms with Crippen LogP contribution >= 0.6 is 0 Å². The van der Waals surface area contributed by atoms with Gasteiger partial charge in [0.15, 0.2) is 5.76 Å². The average Bonchev–Trinajstić information content (AvgIpc) is 2.29. The van der Waals surface area contributed by atoms with Gasteiger partial charge in [-0.1, -0.05) is 18.2 Å². The van der Waals surface area contributed by atoms with Crippen molar-refractivity contribution in [1.29, 1.82) is 0 Å². The zero-order valence-electron chi connectivity index (χ0n) is 8.29. The summed E-state index contributed by atoms with van der Waals surface area (Å²) in [6.45, 7) is 0. The Balaban J connectivity index is 2.17. The Morgan fingerprint density at radius 1 is 1.25 bits per heavy atom. The Kier molecular flexibility index (Phi) is 1.77. The van der Waals surface area contributed by atoms with Gasteiger partial charge in [-0.2, -0.15) is 0 Å². The maximum atomic E-state index is 12.0. The molecule has 1 heterocycles. The second-order valence-corrected chi connectivity index (χ2v) is 3.63. The molecule has 4 nitrogen and oxygen atoms in total. The number of nitroso groups, excluding NO2 is 1. The van der Waals surface area contributed by atoms with Gasteiger partial charge in [0.25, 0.3) is 5.69 Å². The Morgan fingerprint density at radius 3 is 2.94 bits per heavy atom. The summed E-state index contributed by atoms with van der Waals surface area (Å²) < 4.78 is 6.23. The fourth-order valence-electron chi connectivity index (χ4n) is 1.87. The summed E-state index contributed by atoms with van der Waals surface area (Å²) in [6, 6.07) is 6.02. The molecule has 0 amide bonds. The SMILES string of the molecule is O=C1C=CC=C2Oc3ccccc3[N+](=O)C12. The minimum absolute atomic E-state index is 0.248. The van der Waals surface area contributed by atoms with Crippen LogP contribution in [0.3, 0.4) is 0 Å². The summed E-state index contributed by atoms with van der Waals surface area (Å²) in [5.41, 5.74) is 0.397. The number of benzene rings is 1. The van der Waals surface area contributed by atoms with E-state index in [-0.39, 0.29) is 5.78 Å². The Labute approximate surface area is 91.4 Å². The van der Waals surface area contributed by atoms with Crippen molar-refractivity contribution in [3.63, 3.8) is 0 Å². The first-order chi connectivity index (χ1) is 7.77. The molecule has 0 aromatic heterocycles. The Morgan fingerprint density at radius 2 is 2.06 bits per heavy atom. The number of hydrogen-bond acceptors (Lipinski definition) is 3. The first kappa shape index (κ1) is 9.03. The lowest BCUT2D eigenvalue weighted by Crippen LogP contribution is -2.37. The lowest BCUT2D eigenvalue weighted by Gasteiger charge is -2.19. The van der Waals surface area contributed by atoms with Crippen molar-refractivity contribution in [3.8, 4) is 5.75 Å². The van der Waals surface area contributed by atoms with Crippen LogP contribution in [0.15, 0.2) is 48.3 Å². The molecule has 0 radical (unpaired) electrons. The molecule has 0 N–H and O–H groups in total. The second-order valence-electron chi connectivity index (χ2n) is 3.63. The Hall–Kier alpha value is -2.23. The average molecular weight is 214 g/mol. The molecule has 1 aliphatic carbocycles. The molecule has 16 heavy (non-hydrogen) atoms. The number of para-hydroxylation sites is 2. The van der Waals surface area contributed by atoms with Crippen molar-refractivity contribution in [3.05, 3.63) is 53.2 Å². The second kappa shape index (κ2) is 3.13. The molecule has 1 atom stereocenters. The smallest absolute Gasteiger partial charge is 0.326 e. The van der Waals surface area contributed by atoms with E-state index >= 15 is 0 Å². The molecular weight excluding hydrogens is 206 g/mol. The highest BCUT2D eigenvalue weighted by Gasteiger charge is 2.45. The van der Waals surface area contributed by atoms with Gasteiger partial charge in [0.1, 0.15) is 0 Å². The molecule has 1 aromatic carbocycles. The van der Waals surface area contributed by atoms with Crippen molar-refractivity contribution >= 4 is 11.5 Å². The van der Waals surface area contributed by atoms with E-state index in [0.29, 0.717) is 22.0 Å². The number of allylic oxidation sites excluding steroid dienone is 2. The van der Waals surface area contributed by atoms with E-state index < -0.39 is 6.04 Å². The van der Waals surface area contributed by atoms with Gasteiger partial charge >= 0.3 is 6.04 Å². The summed E-state index contributed by atoms with van der Waals surface area (Å²) in [6.07, 6.45) is 4.62. The van der Waals surface area contributed by atoms with Crippen LogP contribution in [-0.2, 0) is 4.79 Å². The van der Waals surface area contributed by atoms with E-state index in [1.54, 1.807) is 36.4 Å². The van der Waals surface area contributed by atoms with E-state index in [1.165, 1.54) is 6.08 Å². The Bertz CT molecular complexity index is 557. The van der Waals surface area contributed by atoms with Crippen molar-refractivity contribution < 1.29 is 14.3 Å². The van der Waals surface area contributed by atoms with Gasteiger partial charge in [-0.05, 0) is 18.2 Å². The maximum Gasteiger partial charge on any atom is 0.326 e. The van der Waals surface area contributed by atoms with Crippen LogP contribution in [-0.4, -0.2) is 16.6 Å². The van der Waals surface area contributed by atoms with Gasteiger partial charge in [-0.3, -0.25) is 4.79 Å². The van der Waals surface area contributed by atoms with Gasteiger partial charge in [0, 0.05) is 11.0 Å². The highest BCUT2D eigenvalue weighted by molar-refractivity contribution is 5.97. The van der Waals surface area contributed by atoms with E-state index in [2.05, 4.69) is 0 Å². The minimum Gasteiger partial charge on any atom is -0.447 e. The fraction of sp³-hybridized carbons (Fsp3) is 0.0833. The predicted molar refractivity (Wildman–Crippen MR) is 56.4 cm³/mol. The largest absolute Gasteiger partial charge is 0.447 e. The molecule has 0 saturated heterocycles. The molecule has 0 saturated carbocycles. The van der Waals surface area contributed by atoms with Gasteiger partial charge < -0.3 is 4.74 Å². The number of ether oxygens (including phenoxy) is 1. The van der Waals surface area contributed by atoms with Gasteiger partial charge in [0.2, 0.25) is 11.5 Å². The third-order valence-corrected chi connectivity index (χ3v) is 2.62. The molecule has 1 aromatic rings. The van der Waals surface area contributed by atoms with Crippen LogP contribution in [0, 0.1) is 4.91 Å². The van der Waals surface area contributed by atoms with E-state index in [0.717, 1.165) is 0 Å². The lowest BCUT2D eigenvalue weighted by molar-refractivity contribution is -0.490. The van der Waals surface area contributed by atoms with Crippen LogP contribution in [0.5, 0.6) is 5.75 Å². The monoisotopic (exact) mass is 214 g/mol. The number of carbonyl (C=O) groups is 1. The zero-order valence-corrected chi connectivity index (χ0v) is 8.29. The predicted octanol–water partition coefficient (Wildman–Crippen LogP) is 1.88. The molecule has 0 spiro atoms. The van der Waals surface area contributed by atoms with Crippen molar-refractivity contribution in [2.45, 2.75) is 6.04 Å². The summed E-state index contributed by atoms with van der Waals surface area (Å²) >= 11 is 0. The molecule has 1 aliphatic heterocycles. The first-order valence-electron chi connectivity index (χ1n) is 4.93. The van der Waals surface area contributed by atoms with Crippen LogP contribution < -0.4 is 4.74 Å². The van der Waals surface area contributed by atoms with Gasteiger partial charge in [-0.25, -0.2) is 0 Å². The number of ketones is 1. The molecule has 2 aliphatic rings. The molecule has 0 fully saturated rings. The number of nitrogens with zero attached hydrogens (tertiary/aromatic N) is 1. The van der Waals surface area contributed by atoms with Gasteiger partial charge in [0.05, 0.1) is 4.76 Å². The molecular formula is C12H8NO3+. The first-order valence-corrected chi connectivity index (χ1v) is 4.93. The number of fused-ring (bicyclic) bond motifs is 2. The topological polar surface area (TPSA) is 46.4 Å². The zero-order chi connectivity index (χ0) is 11.1. The molecule has 78 valence electrons. The third kappa shape index (κ3) is 1.13.